The molecule has 0 heterocycles. The number of benzene rings is 1. The zero-order chi connectivity index (χ0) is 16.3. The van der Waals surface area contributed by atoms with Crippen molar-refractivity contribution >= 4 is 18.1 Å². The van der Waals surface area contributed by atoms with E-state index in [0.717, 1.165) is 12.1 Å². The van der Waals surface area contributed by atoms with Crippen LogP contribution in [0.3, 0.4) is 0 Å². The fraction of sp³-hybridized carbons (Fsp3) is 0.400. The Balaban J connectivity index is 2.15. The average Bonchev–Trinajstić information content (AvgIpc) is 2.34. The van der Waals surface area contributed by atoms with Gasteiger partial charge in [0.05, 0.1) is 11.2 Å². The summed E-state index contributed by atoms with van der Waals surface area (Å²) in [6, 6.07) is 4.33. The van der Waals surface area contributed by atoms with E-state index < -0.39 is 0 Å². The van der Waals surface area contributed by atoms with E-state index in [2.05, 4.69) is 70.8 Å². The highest BCUT2D eigenvalue weighted by molar-refractivity contribution is 6.17. The molecule has 0 aromatic heterocycles. The predicted octanol–water partition coefficient (Wildman–Crippen LogP) is 5.44. The van der Waals surface area contributed by atoms with Crippen LogP contribution >= 0.6 is 0 Å². The van der Waals surface area contributed by atoms with Crippen LogP contribution in [0.5, 0.6) is 0 Å². The Kier molecular flexibility index (Phi) is 4.80. The number of hydrogen-bond donors (Lipinski definition) is 0. The van der Waals surface area contributed by atoms with Gasteiger partial charge in [-0.15, -0.1) is 0 Å². The molecule has 116 valence electrons. The van der Waals surface area contributed by atoms with Gasteiger partial charge in [0, 0.05) is 12.4 Å². The molecular weight excluding hydrogens is 268 g/mol. The van der Waals surface area contributed by atoms with E-state index in [4.69, 9.17) is 4.99 Å². The van der Waals surface area contributed by atoms with Crippen LogP contribution in [0.15, 0.2) is 45.4 Å². The van der Waals surface area contributed by atoms with Crippen molar-refractivity contribution in [3.63, 3.8) is 0 Å². The standard InChI is InChI=1S/C20H26N2/c1-14-10-17(4)19(18(5)11-14)21-7-8-22-20(6)12-15(2)9-16(3)13-20/h7-12H,13H2,1-6H3. The minimum absolute atomic E-state index is 0.147. The summed E-state index contributed by atoms with van der Waals surface area (Å²) in [5.74, 6) is 0. The molecule has 22 heavy (non-hydrogen) atoms. The fourth-order valence-electron chi connectivity index (χ4n) is 3.36. The highest BCUT2D eigenvalue weighted by Crippen LogP contribution is 2.29. The Labute approximate surface area is 134 Å². The molecule has 0 spiro atoms. The van der Waals surface area contributed by atoms with Crippen LogP contribution in [0.2, 0.25) is 0 Å². The predicted molar refractivity (Wildman–Crippen MR) is 97.8 cm³/mol. The minimum atomic E-state index is -0.147. The first-order chi connectivity index (χ1) is 10.3. The maximum atomic E-state index is 4.72. The molecule has 2 nitrogen and oxygen atoms in total. The molecule has 0 aliphatic heterocycles. The van der Waals surface area contributed by atoms with Gasteiger partial charge in [0.2, 0.25) is 0 Å². The lowest BCUT2D eigenvalue weighted by Crippen LogP contribution is -2.22. The molecule has 0 N–H and O–H groups in total. The molecule has 0 amide bonds. The van der Waals surface area contributed by atoms with Crippen molar-refractivity contribution in [3.8, 4) is 0 Å². The highest BCUT2D eigenvalue weighted by atomic mass is 14.8. The van der Waals surface area contributed by atoms with Gasteiger partial charge >= 0.3 is 0 Å². The summed E-state index contributed by atoms with van der Waals surface area (Å²) in [6.45, 7) is 12.8. The fourth-order valence-corrected chi connectivity index (χ4v) is 3.36. The second kappa shape index (κ2) is 6.43. The van der Waals surface area contributed by atoms with E-state index in [1.807, 2.05) is 12.4 Å². The van der Waals surface area contributed by atoms with Crippen LogP contribution in [0, 0.1) is 20.8 Å². The first-order valence-corrected chi connectivity index (χ1v) is 7.81. The SMILES string of the molecule is CC1=CC(C)(N=CC=Nc2c(C)cc(C)cc2C)CC(C)=C1. The van der Waals surface area contributed by atoms with Crippen LogP contribution in [-0.2, 0) is 0 Å². The number of aliphatic imine (C=N–C) groups is 2. The Morgan fingerprint density at radius 1 is 1.00 bits per heavy atom. The molecule has 1 atom stereocenters. The Morgan fingerprint density at radius 2 is 1.64 bits per heavy atom. The number of nitrogens with zero attached hydrogens (tertiary/aromatic N) is 2. The Hall–Kier alpha value is -1.96. The van der Waals surface area contributed by atoms with Gasteiger partial charge in [0.25, 0.3) is 0 Å². The first kappa shape index (κ1) is 16.4. The molecule has 2 rings (SSSR count). The zero-order valence-electron chi connectivity index (χ0n) is 14.6. The molecule has 0 saturated heterocycles. The molecule has 1 aliphatic rings. The lowest BCUT2D eigenvalue weighted by atomic mass is 9.87. The highest BCUT2D eigenvalue weighted by Gasteiger charge is 2.22. The van der Waals surface area contributed by atoms with Crippen molar-refractivity contribution in [2.45, 2.75) is 53.5 Å². The van der Waals surface area contributed by atoms with Crippen LogP contribution in [0.25, 0.3) is 0 Å². The summed E-state index contributed by atoms with van der Waals surface area (Å²) < 4.78 is 0. The van der Waals surface area contributed by atoms with Crippen molar-refractivity contribution in [3.05, 3.63) is 52.1 Å². The molecular formula is C20H26N2. The van der Waals surface area contributed by atoms with Gasteiger partial charge in [-0.05, 0) is 59.1 Å². The lowest BCUT2D eigenvalue weighted by molar-refractivity contribution is 0.574. The minimum Gasteiger partial charge on any atom is -0.281 e. The van der Waals surface area contributed by atoms with E-state index in [1.54, 1.807) is 0 Å². The molecule has 0 bridgehead atoms. The van der Waals surface area contributed by atoms with E-state index in [9.17, 15) is 0 Å². The molecule has 1 unspecified atom stereocenters. The van der Waals surface area contributed by atoms with Gasteiger partial charge in [-0.3, -0.25) is 9.98 Å². The van der Waals surface area contributed by atoms with Gasteiger partial charge in [0.15, 0.2) is 0 Å². The van der Waals surface area contributed by atoms with Crippen molar-refractivity contribution < 1.29 is 0 Å². The summed E-state index contributed by atoms with van der Waals surface area (Å²) in [5.41, 5.74) is 7.26. The summed E-state index contributed by atoms with van der Waals surface area (Å²) >= 11 is 0. The maximum Gasteiger partial charge on any atom is 0.0802 e. The average molecular weight is 294 g/mol. The molecule has 0 radical (unpaired) electrons. The quantitative estimate of drug-likeness (QED) is 0.663. The van der Waals surface area contributed by atoms with Crippen LogP contribution < -0.4 is 0 Å². The summed E-state index contributed by atoms with van der Waals surface area (Å²) in [6.07, 6.45) is 9.07. The number of allylic oxidation sites excluding steroid dienone is 2. The van der Waals surface area contributed by atoms with Crippen LogP contribution in [0.4, 0.5) is 5.69 Å². The zero-order valence-corrected chi connectivity index (χ0v) is 14.6. The van der Waals surface area contributed by atoms with E-state index in [0.29, 0.717) is 0 Å². The van der Waals surface area contributed by atoms with Crippen molar-refractivity contribution in [2.24, 2.45) is 9.98 Å². The Morgan fingerprint density at radius 3 is 2.23 bits per heavy atom. The smallest absolute Gasteiger partial charge is 0.0802 e. The van der Waals surface area contributed by atoms with Gasteiger partial charge in [-0.2, -0.15) is 0 Å². The number of aryl methyl sites for hydroxylation is 3. The summed E-state index contributed by atoms with van der Waals surface area (Å²) in [7, 11) is 0. The third-order valence-corrected chi connectivity index (χ3v) is 3.92. The monoisotopic (exact) mass is 294 g/mol. The topological polar surface area (TPSA) is 24.7 Å². The van der Waals surface area contributed by atoms with Gasteiger partial charge in [0.1, 0.15) is 0 Å². The van der Waals surface area contributed by atoms with Crippen molar-refractivity contribution in [1.82, 2.24) is 0 Å². The van der Waals surface area contributed by atoms with Gasteiger partial charge in [-0.1, -0.05) is 41.0 Å². The summed E-state index contributed by atoms with van der Waals surface area (Å²) in [5, 5.41) is 0. The van der Waals surface area contributed by atoms with E-state index in [1.165, 1.54) is 27.8 Å². The van der Waals surface area contributed by atoms with Crippen molar-refractivity contribution in [1.29, 1.82) is 0 Å². The normalized spacial score (nSPS) is 22.3. The maximum absolute atomic E-state index is 4.72. The second-order valence-corrected chi connectivity index (χ2v) is 6.72. The van der Waals surface area contributed by atoms with Gasteiger partial charge < -0.3 is 0 Å². The molecule has 0 fully saturated rings. The largest absolute Gasteiger partial charge is 0.281 e. The second-order valence-electron chi connectivity index (χ2n) is 6.72. The van der Waals surface area contributed by atoms with E-state index >= 15 is 0 Å². The molecule has 1 aromatic rings. The third kappa shape index (κ3) is 4.03. The number of hydrogen-bond acceptors (Lipinski definition) is 2. The molecule has 0 saturated carbocycles. The number of rotatable bonds is 3. The summed E-state index contributed by atoms with van der Waals surface area (Å²) in [4.78, 5) is 9.31. The van der Waals surface area contributed by atoms with Gasteiger partial charge in [-0.25, -0.2) is 0 Å². The Bertz CT molecular complexity index is 667. The molecule has 2 heteroatoms. The van der Waals surface area contributed by atoms with Crippen LogP contribution in [0.1, 0.15) is 43.9 Å². The molecule has 1 aromatic carbocycles. The third-order valence-electron chi connectivity index (χ3n) is 3.92. The lowest BCUT2D eigenvalue weighted by Gasteiger charge is -2.26. The molecule has 1 aliphatic carbocycles. The van der Waals surface area contributed by atoms with Crippen LogP contribution in [-0.4, -0.2) is 18.0 Å². The van der Waals surface area contributed by atoms with E-state index in [-0.39, 0.29) is 5.54 Å². The van der Waals surface area contributed by atoms with Crippen molar-refractivity contribution in [2.75, 3.05) is 0 Å². The first-order valence-electron chi connectivity index (χ1n) is 7.81.